The number of aryl methyl sites for hydroxylation is 3. The van der Waals surface area contributed by atoms with Crippen molar-refractivity contribution in [1.29, 1.82) is 0 Å². The smallest absolute Gasteiger partial charge is 0.0414 e. The largest absolute Gasteiger partial charge is 0.345 e. The SMILES string of the molecule is Cc1ccc(-c2ccc3ccc4c(-c5ccc(N(C)c6cccc(-c7ccc8c(c7)CC8)c6)cc5)ccc5ccc2c3c54)cc1. The van der Waals surface area contributed by atoms with Crippen molar-refractivity contribution in [1.82, 2.24) is 0 Å². The van der Waals surface area contributed by atoms with Crippen LogP contribution in [-0.4, -0.2) is 7.05 Å². The molecular weight excluding hydrogens is 542 g/mol. The van der Waals surface area contributed by atoms with E-state index in [1.54, 1.807) is 0 Å². The second kappa shape index (κ2) is 10.1. The predicted octanol–water partition coefficient (Wildman–Crippen LogP) is 11.8. The Hall–Kier alpha value is -5.40. The summed E-state index contributed by atoms with van der Waals surface area (Å²) in [5.74, 6) is 0. The molecule has 1 nitrogen and oxygen atoms in total. The Labute approximate surface area is 264 Å². The lowest BCUT2D eigenvalue weighted by Crippen LogP contribution is -2.09. The van der Waals surface area contributed by atoms with Gasteiger partial charge in [-0.15, -0.1) is 0 Å². The van der Waals surface area contributed by atoms with Gasteiger partial charge in [0.25, 0.3) is 0 Å². The fourth-order valence-corrected chi connectivity index (χ4v) is 7.32. The summed E-state index contributed by atoms with van der Waals surface area (Å²) in [6.45, 7) is 2.15. The van der Waals surface area contributed by atoms with E-state index in [1.807, 2.05) is 0 Å². The first-order valence-corrected chi connectivity index (χ1v) is 15.9. The number of hydrogen-bond donors (Lipinski definition) is 0. The van der Waals surface area contributed by atoms with Crippen molar-refractivity contribution in [3.8, 4) is 33.4 Å². The van der Waals surface area contributed by atoms with Crippen LogP contribution in [0, 0.1) is 6.92 Å². The minimum atomic E-state index is 1.17. The number of anilines is 2. The number of fused-ring (bicyclic) bond motifs is 1. The molecular formula is C44H33N. The molecule has 0 atom stereocenters. The highest BCUT2D eigenvalue weighted by molar-refractivity contribution is 6.27. The van der Waals surface area contributed by atoms with Gasteiger partial charge in [0.05, 0.1) is 0 Å². The minimum absolute atomic E-state index is 1.17. The Morgan fingerprint density at radius 3 is 1.60 bits per heavy atom. The summed E-state index contributed by atoms with van der Waals surface area (Å²) in [6, 6.07) is 52.1. The first kappa shape index (κ1) is 26.0. The van der Waals surface area contributed by atoms with E-state index in [4.69, 9.17) is 0 Å². The highest BCUT2D eigenvalue weighted by atomic mass is 15.1. The van der Waals surface area contributed by atoms with Crippen LogP contribution in [0.15, 0.2) is 140 Å². The van der Waals surface area contributed by atoms with Crippen molar-refractivity contribution in [2.45, 2.75) is 19.8 Å². The van der Waals surface area contributed by atoms with Crippen LogP contribution in [-0.2, 0) is 12.8 Å². The monoisotopic (exact) mass is 575 g/mol. The first-order chi connectivity index (χ1) is 22.1. The lowest BCUT2D eigenvalue weighted by molar-refractivity contribution is 0.840. The Balaban J connectivity index is 1.09. The molecule has 1 aliphatic rings. The van der Waals surface area contributed by atoms with Gasteiger partial charge in [-0.05, 0) is 121 Å². The van der Waals surface area contributed by atoms with Crippen LogP contribution < -0.4 is 4.90 Å². The molecule has 0 spiro atoms. The fraction of sp³-hybridized carbons (Fsp3) is 0.0909. The summed E-state index contributed by atoms with van der Waals surface area (Å²) < 4.78 is 0. The zero-order chi connectivity index (χ0) is 30.1. The number of hydrogen-bond acceptors (Lipinski definition) is 1. The van der Waals surface area contributed by atoms with Crippen molar-refractivity contribution in [3.63, 3.8) is 0 Å². The van der Waals surface area contributed by atoms with Gasteiger partial charge >= 0.3 is 0 Å². The zero-order valence-corrected chi connectivity index (χ0v) is 25.6. The highest BCUT2D eigenvalue weighted by Crippen LogP contribution is 2.42. The van der Waals surface area contributed by atoms with Crippen molar-refractivity contribution >= 4 is 43.7 Å². The quantitative estimate of drug-likeness (QED) is 0.185. The molecule has 0 amide bonds. The van der Waals surface area contributed by atoms with E-state index in [-0.39, 0.29) is 0 Å². The molecule has 0 radical (unpaired) electrons. The van der Waals surface area contributed by atoms with Crippen LogP contribution in [0.3, 0.4) is 0 Å². The Morgan fingerprint density at radius 1 is 0.444 bits per heavy atom. The van der Waals surface area contributed by atoms with Crippen LogP contribution in [0.4, 0.5) is 11.4 Å². The third-order valence-corrected chi connectivity index (χ3v) is 10.0. The summed E-state index contributed by atoms with van der Waals surface area (Å²) in [5.41, 5.74) is 14.3. The van der Waals surface area contributed by atoms with Gasteiger partial charge in [0, 0.05) is 18.4 Å². The van der Waals surface area contributed by atoms with Gasteiger partial charge in [0.15, 0.2) is 0 Å². The highest BCUT2D eigenvalue weighted by Gasteiger charge is 2.16. The predicted molar refractivity (Wildman–Crippen MR) is 193 cm³/mol. The maximum atomic E-state index is 2.37. The van der Waals surface area contributed by atoms with E-state index in [0.29, 0.717) is 0 Å². The summed E-state index contributed by atoms with van der Waals surface area (Å²) >= 11 is 0. The van der Waals surface area contributed by atoms with Gasteiger partial charge < -0.3 is 4.90 Å². The van der Waals surface area contributed by atoms with Crippen molar-refractivity contribution in [2.24, 2.45) is 0 Å². The van der Waals surface area contributed by atoms with E-state index in [9.17, 15) is 0 Å². The molecule has 214 valence electrons. The van der Waals surface area contributed by atoms with E-state index in [1.165, 1.54) is 107 Å². The molecule has 0 saturated heterocycles. The molecule has 0 aromatic heterocycles. The third kappa shape index (κ3) is 4.23. The summed E-state index contributed by atoms with van der Waals surface area (Å²) in [6.07, 6.45) is 2.42. The molecule has 9 rings (SSSR count). The second-order valence-corrected chi connectivity index (χ2v) is 12.7. The molecule has 0 bridgehead atoms. The van der Waals surface area contributed by atoms with E-state index < -0.39 is 0 Å². The first-order valence-electron chi connectivity index (χ1n) is 15.9. The lowest BCUT2D eigenvalue weighted by atomic mass is 9.86. The van der Waals surface area contributed by atoms with Crippen molar-refractivity contribution in [2.75, 3.05) is 11.9 Å². The van der Waals surface area contributed by atoms with E-state index in [0.717, 1.165) is 0 Å². The molecule has 1 aliphatic carbocycles. The molecule has 8 aromatic carbocycles. The van der Waals surface area contributed by atoms with Crippen LogP contribution in [0.2, 0.25) is 0 Å². The fourth-order valence-electron chi connectivity index (χ4n) is 7.32. The second-order valence-electron chi connectivity index (χ2n) is 12.7. The molecule has 45 heavy (non-hydrogen) atoms. The normalized spacial score (nSPS) is 12.5. The molecule has 0 heterocycles. The van der Waals surface area contributed by atoms with Crippen molar-refractivity contribution in [3.05, 3.63) is 156 Å². The molecule has 0 unspecified atom stereocenters. The molecule has 0 aliphatic heterocycles. The zero-order valence-electron chi connectivity index (χ0n) is 25.6. The van der Waals surface area contributed by atoms with Crippen LogP contribution >= 0.6 is 0 Å². The van der Waals surface area contributed by atoms with Crippen molar-refractivity contribution < 1.29 is 0 Å². The number of rotatable bonds is 5. The molecule has 8 aromatic rings. The maximum Gasteiger partial charge on any atom is 0.0414 e. The van der Waals surface area contributed by atoms with E-state index in [2.05, 4.69) is 158 Å². The van der Waals surface area contributed by atoms with Crippen LogP contribution in [0.25, 0.3) is 65.7 Å². The van der Waals surface area contributed by atoms with E-state index >= 15 is 0 Å². The Bertz CT molecular complexity index is 2380. The number of benzene rings is 8. The van der Waals surface area contributed by atoms with Gasteiger partial charge in [0.2, 0.25) is 0 Å². The average molecular weight is 576 g/mol. The van der Waals surface area contributed by atoms with Gasteiger partial charge in [-0.1, -0.05) is 121 Å². The van der Waals surface area contributed by atoms with Gasteiger partial charge in [-0.25, -0.2) is 0 Å². The topological polar surface area (TPSA) is 3.24 Å². The average Bonchev–Trinajstić information content (AvgIpc) is 3.08. The lowest BCUT2D eigenvalue weighted by Gasteiger charge is -2.22. The summed E-state index contributed by atoms with van der Waals surface area (Å²) in [7, 11) is 2.16. The van der Waals surface area contributed by atoms with Gasteiger partial charge in [-0.3, -0.25) is 0 Å². The summed E-state index contributed by atoms with van der Waals surface area (Å²) in [4.78, 5) is 2.28. The minimum Gasteiger partial charge on any atom is -0.345 e. The van der Waals surface area contributed by atoms with Gasteiger partial charge in [0.1, 0.15) is 0 Å². The van der Waals surface area contributed by atoms with Crippen LogP contribution in [0.1, 0.15) is 16.7 Å². The molecule has 0 saturated carbocycles. The molecule has 1 heteroatoms. The van der Waals surface area contributed by atoms with Gasteiger partial charge in [-0.2, -0.15) is 0 Å². The maximum absolute atomic E-state index is 2.37. The molecule has 0 N–H and O–H groups in total. The third-order valence-electron chi connectivity index (χ3n) is 10.0. The Kier molecular flexibility index (Phi) is 5.83. The Morgan fingerprint density at radius 2 is 1.00 bits per heavy atom. The van der Waals surface area contributed by atoms with Crippen LogP contribution in [0.5, 0.6) is 0 Å². The number of nitrogens with zero attached hydrogens (tertiary/aromatic N) is 1. The standard InChI is InChI=1S/C44H33N/c1-28-6-8-30(9-7-28)39-22-16-32-19-25-42-40(23-17-33-18-24-41(39)43(32)44(33)42)31-14-20-37(21-15-31)45(2)38-5-3-4-34(27-38)36-13-11-29-10-12-35(29)26-36/h3-9,11,13-27H,10,12H2,1-2H3. The molecule has 0 fully saturated rings. The summed E-state index contributed by atoms with van der Waals surface area (Å²) in [5, 5.41) is 7.91.